The van der Waals surface area contributed by atoms with Gasteiger partial charge in [0.15, 0.2) is 16.6 Å². The maximum Gasteiger partial charge on any atom is 0.338 e. The van der Waals surface area contributed by atoms with Crippen LogP contribution in [0, 0.1) is 0 Å². The van der Waals surface area contributed by atoms with E-state index in [1.165, 1.54) is 0 Å². The highest BCUT2D eigenvalue weighted by atomic mass is 28.5. The molecule has 0 fully saturated rings. The minimum atomic E-state index is -2.40. The van der Waals surface area contributed by atoms with Crippen LogP contribution in [0.5, 0.6) is 0 Å². The van der Waals surface area contributed by atoms with Crippen molar-refractivity contribution in [3.05, 3.63) is 59.7 Å². The summed E-state index contributed by atoms with van der Waals surface area (Å²) in [5.74, 6) is 0.169. The fraction of sp³-hybridized carbons (Fsp3) is 0.514. The Bertz CT molecular complexity index is 1490. The lowest BCUT2D eigenvalue weighted by molar-refractivity contribution is 0.00570. The van der Waals surface area contributed by atoms with Crippen LogP contribution in [0.3, 0.4) is 0 Å². The Hall–Kier alpha value is -3.64. The van der Waals surface area contributed by atoms with Crippen molar-refractivity contribution in [1.82, 2.24) is 15.0 Å². The van der Waals surface area contributed by atoms with E-state index in [-0.39, 0.29) is 0 Å². The van der Waals surface area contributed by atoms with Crippen molar-refractivity contribution in [1.29, 1.82) is 0 Å². The van der Waals surface area contributed by atoms with Gasteiger partial charge in [-0.3, -0.25) is 0 Å². The van der Waals surface area contributed by atoms with Crippen LogP contribution in [0.2, 0.25) is 51.9 Å². The first-order valence-corrected chi connectivity index (χ1v) is 26.3. The summed E-state index contributed by atoms with van der Waals surface area (Å²) in [6.45, 7) is 27.0. The molecule has 0 radical (unpaired) electrons. The van der Waals surface area contributed by atoms with Crippen LogP contribution in [0.1, 0.15) is 68.7 Å². The summed E-state index contributed by atoms with van der Waals surface area (Å²) in [5, 5.41) is 9.79. The van der Waals surface area contributed by atoms with E-state index in [1.807, 2.05) is 41.5 Å². The van der Waals surface area contributed by atoms with Gasteiger partial charge in [0.2, 0.25) is 17.8 Å². The number of esters is 2. The predicted molar refractivity (Wildman–Crippen MR) is 208 cm³/mol. The fourth-order valence-electron chi connectivity index (χ4n) is 4.91. The third kappa shape index (κ3) is 15.1. The average molecular weight is 741 g/mol. The van der Waals surface area contributed by atoms with Gasteiger partial charge in [0, 0.05) is 17.9 Å². The quantitative estimate of drug-likeness (QED) is 0.0777. The van der Waals surface area contributed by atoms with E-state index in [0.717, 1.165) is 12.5 Å². The van der Waals surface area contributed by atoms with Crippen molar-refractivity contribution >= 4 is 66.4 Å². The van der Waals surface area contributed by atoms with E-state index in [1.54, 1.807) is 48.5 Å². The van der Waals surface area contributed by atoms with E-state index >= 15 is 0 Å². The Morgan fingerprint density at radius 3 is 1.30 bits per heavy atom. The Morgan fingerprint density at radius 2 is 0.960 bits per heavy atom. The molecule has 0 unspecified atom stereocenters. The lowest BCUT2D eigenvalue weighted by Crippen LogP contribution is -2.52. The Balaban J connectivity index is 1.81. The standard InChI is InChI=1S/C35H56N6O6Si3/c1-34(2,3)44-29(42)25-15-19-27(20-16-25)37-32-39-31(36-23-14-24-50(13,46-48(7,8)9)47-49(10,11)12)40-33(41-32)38-28-21-17-26(18-22-28)30(43)45-35(4,5)6/h15-22H,14,23-24H2,1-13H3,(H3,36,37,38,39,40,41). The topological polar surface area (TPSA) is 146 Å². The van der Waals surface area contributed by atoms with Crippen LogP contribution < -0.4 is 16.0 Å². The van der Waals surface area contributed by atoms with E-state index in [2.05, 4.69) is 76.7 Å². The molecule has 0 spiro atoms. The molecule has 2 aromatic carbocycles. The SMILES string of the molecule is CC(C)(C)OC(=O)c1ccc(Nc2nc(NCCC[Si](C)(O[Si](C)(C)C)O[Si](C)(C)C)nc(Nc3ccc(C(=O)OC(C)(C)C)cc3)n2)cc1. The largest absolute Gasteiger partial charge is 0.456 e. The molecule has 0 atom stereocenters. The maximum absolute atomic E-state index is 12.5. The van der Waals surface area contributed by atoms with Crippen LogP contribution >= 0.6 is 0 Å². The number of nitrogens with zero attached hydrogens (tertiary/aromatic N) is 3. The number of aromatic nitrogens is 3. The number of ether oxygens (including phenoxy) is 2. The molecule has 0 bridgehead atoms. The molecule has 3 N–H and O–H groups in total. The van der Waals surface area contributed by atoms with Crippen molar-refractivity contribution in [2.45, 2.75) is 111 Å². The number of rotatable bonds is 15. The molecular formula is C35H56N6O6Si3. The maximum atomic E-state index is 12.5. The predicted octanol–water partition coefficient (Wildman–Crippen LogP) is 8.85. The van der Waals surface area contributed by atoms with E-state index in [4.69, 9.17) is 17.7 Å². The van der Waals surface area contributed by atoms with E-state index in [0.29, 0.717) is 46.9 Å². The van der Waals surface area contributed by atoms with Gasteiger partial charge in [-0.1, -0.05) is 0 Å². The van der Waals surface area contributed by atoms with Crippen LogP contribution in [0.25, 0.3) is 0 Å². The molecule has 0 aliphatic rings. The summed E-state index contributed by atoms with van der Waals surface area (Å²) in [7, 11) is -6.01. The molecule has 3 rings (SSSR count). The summed E-state index contributed by atoms with van der Waals surface area (Å²) in [6.07, 6.45) is 0.813. The van der Waals surface area contributed by atoms with Gasteiger partial charge in [-0.25, -0.2) is 9.59 Å². The van der Waals surface area contributed by atoms with Gasteiger partial charge in [0.25, 0.3) is 0 Å². The normalized spacial score (nSPS) is 12.7. The molecule has 1 aromatic heterocycles. The number of benzene rings is 2. The lowest BCUT2D eigenvalue weighted by Gasteiger charge is -2.38. The fourth-order valence-corrected chi connectivity index (χ4v) is 17.4. The van der Waals surface area contributed by atoms with Gasteiger partial charge < -0.3 is 33.7 Å². The first-order valence-electron chi connectivity index (χ1n) is 17.0. The van der Waals surface area contributed by atoms with Crippen LogP contribution in [-0.2, 0) is 17.7 Å². The molecule has 0 aliphatic heterocycles. The summed E-state index contributed by atoms with van der Waals surface area (Å²) >= 11 is 0. The highest BCUT2D eigenvalue weighted by Crippen LogP contribution is 2.26. The van der Waals surface area contributed by atoms with Crippen molar-refractivity contribution < 1.29 is 27.3 Å². The minimum Gasteiger partial charge on any atom is -0.456 e. The zero-order valence-corrected chi connectivity index (χ0v) is 35.0. The van der Waals surface area contributed by atoms with Crippen molar-refractivity contribution in [3.63, 3.8) is 0 Å². The Labute approximate surface area is 301 Å². The van der Waals surface area contributed by atoms with Crippen LogP contribution in [0.15, 0.2) is 48.5 Å². The monoisotopic (exact) mass is 740 g/mol. The molecule has 0 amide bonds. The molecule has 12 nitrogen and oxygen atoms in total. The highest BCUT2D eigenvalue weighted by molar-refractivity contribution is 6.87. The molecule has 1 heterocycles. The zero-order valence-electron chi connectivity index (χ0n) is 32.0. The summed E-state index contributed by atoms with van der Waals surface area (Å²) in [5.41, 5.74) is 1.04. The molecule has 15 heteroatoms. The number of carbonyl (C=O) groups excluding carboxylic acids is 2. The summed E-state index contributed by atoms with van der Waals surface area (Å²) in [4.78, 5) is 38.9. The first-order chi connectivity index (χ1) is 22.9. The average Bonchev–Trinajstić information content (AvgIpc) is 2.92. The number of anilines is 5. The number of carbonyl (C=O) groups is 2. The Kier molecular flexibility index (Phi) is 13.2. The molecule has 3 aromatic rings. The number of hydrogen-bond donors (Lipinski definition) is 3. The highest BCUT2D eigenvalue weighted by Gasteiger charge is 2.39. The van der Waals surface area contributed by atoms with Gasteiger partial charge in [-0.05, 0) is 148 Å². The number of nitrogens with one attached hydrogen (secondary N) is 3. The molecule has 0 aliphatic carbocycles. The third-order valence-electron chi connectivity index (χ3n) is 6.32. The van der Waals surface area contributed by atoms with Gasteiger partial charge in [-0.15, -0.1) is 0 Å². The summed E-state index contributed by atoms with van der Waals surface area (Å²) in [6, 6.07) is 14.7. The lowest BCUT2D eigenvalue weighted by atomic mass is 10.1. The minimum absolute atomic E-state index is 0.295. The molecule has 0 saturated carbocycles. The van der Waals surface area contributed by atoms with Crippen molar-refractivity contribution in [3.8, 4) is 0 Å². The second kappa shape index (κ2) is 16.1. The second-order valence-corrected chi connectivity index (χ2v) is 29.2. The molecule has 0 saturated heterocycles. The van der Waals surface area contributed by atoms with Gasteiger partial charge in [0.05, 0.1) is 11.1 Å². The third-order valence-corrected chi connectivity index (χ3v) is 15.9. The van der Waals surface area contributed by atoms with Crippen molar-refractivity contribution in [2.75, 3.05) is 22.5 Å². The van der Waals surface area contributed by atoms with E-state index < -0.39 is 48.3 Å². The van der Waals surface area contributed by atoms with Crippen molar-refractivity contribution in [2.24, 2.45) is 0 Å². The van der Waals surface area contributed by atoms with Gasteiger partial charge in [0.1, 0.15) is 11.2 Å². The Morgan fingerprint density at radius 1 is 0.600 bits per heavy atom. The number of hydrogen-bond acceptors (Lipinski definition) is 12. The van der Waals surface area contributed by atoms with E-state index in [9.17, 15) is 9.59 Å². The second-order valence-electron chi connectivity index (χ2n) is 16.3. The van der Waals surface area contributed by atoms with Crippen LogP contribution in [-0.4, -0.2) is 69.8 Å². The zero-order chi connectivity index (χ0) is 37.5. The van der Waals surface area contributed by atoms with Crippen LogP contribution in [0.4, 0.5) is 29.2 Å². The summed E-state index contributed by atoms with van der Waals surface area (Å²) < 4.78 is 24.3. The smallest absolute Gasteiger partial charge is 0.338 e. The van der Waals surface area contributed by atoms with Gasteiger partial charge in [-0.2, -0.15) is 15.0 Å². The molecule has 274 valence electrons. The molecular weight excluding hydrogens is 685 g/mol. The van der Waals surface area contributed by atoms with Gasteiger partial charge >= 0.3 is 20.5 Å². The first kappa shape index (κ1) is 40.8. The molecule has 50 heavy (non-hydrogen) atoms.